The Hall–Kier alpha value is -2.38. The van der Waals surface area contributed by atoms with Gasteiger partial charge in [-0.2, -0.15) is 4.31 Å². The Morgan fingerprint density at radius 1 is 1.06 bits per heavy atom. The van der Waals surface area contributed by atoms with E-state index in [2.05, 4.69) is 5.32 Å². The third kappa shape index (κ3) is 5.66. The second-order valence-electron chi connectivity index (χ2n) is 7.80. The summed E-state index contributed by atoms with van der Waals surface area (Å²) in [4.78, 5) is 13.4. The first kappa shape index (κ1) is 23.3. The molecule has 1 unspecified atom stereocenters. The normalized spacial score (nSPS) is 15.9. The van der Waals surface area contributed by atoms with Crippen LogP contribution in [0.4, 0.5) is 5.69 Å². The summed E-state index contributed by atoms with van der Waals surface area (Å²) in [6, 6.07) is 14.4. The van der Waals surface area contributed by atoms with Gasteiger partial charge >= 0.3 is 0 Å². The summed E-state index contributed by atoms with van der Waals surface area (Å²) in [5.41, 5.74) is 1.33. The maximum atomic E-state index is 13.2. The van der Waals surface area contributed by atoms with E-state index in [0.29, 0.717) is 37.6 Å². The first-order valence-corrected chi connectivity index (χ1v) is 12.5. The molecule has 0 spiro atoms. The maximum Gasteiger partial charge on any atom is 0.243 e. The number of hydrogen-bond donors (Lipinski definition) is 1. The van der Waals surface area contributed by atoms with Crippen LogP contribution in [0.25, 0.3) is 0 Å². The van der Waals surface area contributed by atoms with Crippen LogP contribution in [0, 0.1) is 0 Å². The van der Waals surface area contributed by atoms with Crippen LogP contribution in [0.2, 0.25) is 0 Å². The van der Waals surface area contributed by atoms with Crippen LogP contribution in [0.15, 0.2) is 53.4 Å². The van der Waals surface area contributed by atoms with Gasteiger partial charge < -0.3 is 10.1 Å². The predicted octanol–water partition coefficient (Wildman–Crippen LogP) is 4.78. The molecule has 168 valence electrons. The number of nitrogens with one attached hydrogen (secondary N) is 1. The van der Waals surface area contributed by atoms with E-state index in [1.54, 1.807) is 12.1 Å². The van der Waals surface area contributed by atoms with Crippen molar-refractivity contribution in [1.82, 2.24) is 4.31 Å². The highest BCUT2D eigenvalue weighted by molar-refractivity contribution is 7.89. The number of rotatable bonds is 9. The minimum absolute atomic E-state index is 0.165. The summed E-state index contributed by atoms with van der Waals surface area (Å²) in [5.74, 6) is -0.0127. The molecule has 6 nitrogen and oxygen atoms in total. The van der Waals surface area contributed by atoms with Gasteiger partial charge in [0.05, 0.1) is 23.1 Å². The van der Waals surface area contributed by atoms with Crippen molar-refractivity contribution in [2.45, 2.75) is 56.8 Å². The molecule has 2 aromatic rings. The zero-order valence-corrected chi connectivity index (χ0v) is 19.2. The second kappa shape index (κ2) is 10.8. The number of sulfonamides is 1. The van der Waals surface area contributed by atoms with Gasteiger partial charge in [-0.25, -0.2) is 8.42 Å². The van der Waals surface area contributed by atoms with Crippen molar-refractivity contribution < 1.29 is 17.9 Å². The van der Waals surface area contributed by atoms with E-state index in [1.807, 2.05) is 44.2 Å². The molecule has 0 aliphatic carbocycles. The Labute approximate surface area is 185 Å². The van der Waals surface area contributed by atoms with Crippen molar-refractivity contribution in [3.63, 3.8) is 0 Å². The van der Waals surface area contributed by atoms with Crippen LogP contribution in [0.1, 0.15) is 57.4 Å². The maximum absolute atomic E-state index is 13.2. The van der Waals surface area contributed by atoms with E-state index in [0.717, 1.165) is 31.2 Å². The molecular formula is C24H32N2O4S. The molecule has 1 heterocycles. The highest BCUT2D eigenvalue weighted by Gasteiger charge is 2.28. The molecule has 31 heavy (non-hydrogen) atoms. The molecular weight excluding hydrogens is 412 g/mol. The molecule has 1 saturated heterocycles. The Bertz CT molecular complexity index is 970. The molecule has 0 radical (unpaired) electrons. The zero-order valence-electron chi connectivity index (χ0n) is 18.3. The third-order valence-corrected chi connectivity index (χ3v) is 7.45. The number of amides is 1. The van der Waals surface area contributed by atoms with Crippen LogP contribution >= 0.6 is 0 Å². The highest BCUT2D eigenvalue weighted by Crippen LogP contribution is 2.32. The van der Waals surface area contributed by atoms with Crippen LogP contribution in [0.5, 0.6) is 5.75 Å². The van der Waals surface area contributed by atoms with Crippen molar-refractivity contribution in [2.75, 3.05) is 25.0 Å². The standard InChI is InChI=1S/C24H32N2O4S/c1-3-11-21(19-12-7-5-8-13-19)24(27)25-22-18-20(14-15-23(22)30-4-2)31(28,29)26-16-9-6-10-17-26/h5,7-8,12-15,18,21H,3-4,6,9-11,16-17H2,1-2H3,(H,25,27). The number of anilines is 1. The largest absolute Gasteiger partial charge is 0.492 e. The van der Waals surface area contributed by atoms with E-state index >= 15 is 0 Å². The summed E-state index contributed by atoms with van der Waals surface area (Å²) in [7, 11) is -3.61. The van der Waals surface area contributed by atoms with Crippen molar-refractivity contribution >= 4 is 21.6 Å². The fourth-order valence-corrected chi connectivity index (χ4v) is 5.49. The number of nitrogens with zero attached hydrogens (tertiary/aromatic N) is 1. The quantitative estimate of drug-likeness (QED) is 0.604. The van der Waals surface area contributed by atoms with E-state index in [9.17, 15) is 13.2 Å². The van der Waals surface area contributed by atoms with Crippen LogP contribution in [0.3, 0.4) is 0 Å². The Morgan fingerprint density at radius 2 is 1.77 bits per heavy atom. The third-order valence-electron chi connectivity index (χ3n) is 5.56. The fourth-order valence-electron chi connectivity index (χ4n) is 3.95. The van der Waals surface area contributed by atoms with Gasteiger partial charge in [-0.1, -0.05) is 50.1 Å². The molecule has 1 N–H and O–H groups in total. The summed E-state index contributed by atoms with van der Waals surface area (Å²) < 4.78 is 33.5. The minimum atomic E-state index is -3.61. The number of carbonyl (C=O) groups excluding carboxylic acids is 1. The van der Waals surface area contributed by atoms with Gasteiger partial charge in [0.2, 0.25) is 15.9 Å². The van der Waals surface area contributed by atoms with Gasteiger partial charge in [0.1, 0.15) is 5.75 Å². The van der Waals surface area contributed by atoms with Gasteiger partial charge in [-0.15, -0.1) is 0 Å². The number of piperidine rings is 1. The molecule has 2 aromatic carbocycles. The SMILES string of the molecule is CCCC(C(=O)Nc1cc(S(=O)(=O)N2CCCCC2)ccc1OCC)c1ccccc1. The van der Waals surface area contributed by atoms with Crippen LogP contribution < -0.4 is 10.1 Å². The Balaban J connectivity index is 1.91. The molecule has 1 aliphatic rings. The molecule has 1 amide bonds. The van der Waals surface area contributed by atoms with Crippen LogP contribution in [-0.4, -0.2) is 38.3 Å². The lowest BCUT2D eigenvalue weighted by molar-refractivity contribution is -0.117. The Kier molecular flexibility index (Phi) is 8.09. The minimum Gasteiger partial charge on any atom is -0.492 e. The molecule has 7 heteroatoms. The number of hydrogen-bond acceptors (Lipinski definition) is 4. The van der Waals surface area contributed by atoms with Gasteiger partial charge in [0.25, 0.3) is 0 Å². The molecule has 1 atom stereocenters. The number of ether oxygens (including phenoxy) is 1. The summed E-state index contributed by atoms with van der Waals surface area (Å²) in [5, 5.41) is 2.95. The lowest BCUT2D eigenvalue weighted by Gasteiger charge is -2.26. The Morgan fingerprint density at radius 3 is 2.42 bits per heavy atom. The van der Waals surface area contributed by atoms with Gasteiger partial charge in [0.15, 0.2) is 0 Å². The van der Waals surface area contributed by atoms with Crippen molar-refractivity contribution in [3.05, 3.63) is 54.1 Å². The molecule has 1 fully saturated rings. The van der Waals surface area contributed by atoms with E-state index < -0.39 is 10.0 Å². The predicted molar refractivity (Wildman–Crippen MR) is 123 cm³/mol. The molecule has 0 bridgehead atoms. The van der Waals surface area contributed by atoms with Gasteiger partial charge in [-0.05, 0) is 49.9 Å². The first-order valence-electron chi connectivity index (χ1n) is 11.1. The van der Waals surface area contributed by atoms with Crippen molar-refractivity contribution in [1.29, 1.82) is 0 Å². The smallest absolute Gasteiger partial charge is 0.243 e. The van der Waals surface area contributed by atoms with E-state index in [-0.39, 0.29) is 16.7 Å². The zero-order chi connectivity index (χ0) is 22.3. The van der Waals surface area contributed by atoms with Crippen LogP contribution in [-0.2, 0) is 14.8 Å². The highest BCUT2D eigenvalue weighted by atomic mass is 32.2. The first-order chi connectivity index (χ1) is 15.0. The summed E-state index contributed by atoms with van der Waals surface area (Å²) in [6.45, 7) is 5.38. The summed E-state index contributed by atoms with van der Waals surface area (Å²) in [6.07, 6.45) is 4.35. The topological polar surface area (TPSA) is 75.7 Å². The van der Waals surface area contributed by atoms with E-state index in [1.165, 1.54) is 10.4 Å². The van der Waals surface area contributed by atoms with Crippen molar-refractivity contribution in [2.24, 2.45) is 0 Å². The monoisotopic (exact) mass is 444 g/mol. The molecule has 0 saturated carbocycles. The number of carbonyl (C=O) groups is 1. The van der Waals surface area contributed by atoms with Crippen molar-refractivity contribution in [3.8, 4) is 5.75 Å². The fraction of sp³-hybridized carbons (Fsp3) is 0.458. The second-order valence-corrected chi connectivity index (χ2v) is 9.73. The lowest BCUT2D eigenvalue weighted by atomic mass is 9.93. The van der Waals surface area contributed by atoms with Gasteiger partial charge in [0, 0.05) is 13.1 Å². The average molecular weight is 445 g/mol. The number of benzene rings is 2. The molecule has 3 rings (SSSR count). The van der Waals surface area contributed by atoms with E-state index in [4.69, 9.17) is 4.74 Å². The average Bonchev–Trinajstić information content (AvgIpc) is 2.79. The molecule has 0 aromatic heterocycles. The lowest BCUT2D eigenvalue weighted by Crippen LogP contribution is -2.35. The van der Waals surface area contributed by atoms with Gasteiger partial charge in [-0.3, -0.25) is 4.79 Å². The summed E-state index contributed by atoms with van der Waals surface area (Å²) >= 11 is 0. The molecule has 1 aliphatic heterocycles.